The molecule has 5 heteroatoms. The summed E-state index contributed by atoms with van der Waals surface area (Å²) in [6.45, 7) is 1.31. The number of H-pyrrole nitrogens is 1. The number of amides is 1. The van der Waals surface area contributed by atoms with Crippen molar-refractivity contribution in [1.82, 2.24) is 14.9 Å². The molecule has 2 aromatic heterocycles. The molecule has 0 radical (unpaired) electrons. The predicted octanol–water partition coefficient (Wildman–Crippen LogP) is 4.57. The maximum Gasteiger partial charge on any atom is 0.254 e. The first-order valence-electron chi connectivity index (χ1n) is 8.63. The number of aromatic amines is 1. The van der Waals surface area contributed by atoms with Gasteiger partial charge in [0.05, 0.1) is 11.0 Å². The molecule has 0 bridgehead atoms. The number of fused-ring (bicyclic) bond motifs is 5. The molecule has 2 aromatic carbocycles. The van der Waals surface area contributed by atoms with Gasteiger partial charge in [0.2, 0.25) is 0 Å². The minimum Gasteiger partial charge on any atom is -0.357 e. The van der Waals surface area contributed by atoms with E-state index in [0.717, 1.165) is 33.8 Å². The summed E-state index contributed by atoms with van der Waals surface area (Å²) >= 11 is 6.09. The van der Waals surface area contributed by atoms with Gasteiger partial charge in [0.15, 0.2) is 0 Å². The fourth-order valence-electron chi connectivity index (χ4n) is 3.77. The van der Waals surface area contributed by atoms with Crippen LogP contribution in [0.5, 0.6) is 0 Å². The zero-order valence-electron chi connectivity index (χ0n) is 14.0. The van der Waals surface area contributed by atoms with Crippen molar-refractivity contribution in [2.45, 2.75) is 13.0 Å². The number of rotatable bonds is 1. The van der Waals surface area contributed by atoms with Gasteiger partial charge in [-0.05, 0) is 30.3 Å². The standard InChI is InChI=1S/C21H16ClN3O/c22-14-6-7-15-19(10-14)23-11-16-17-12-25(9-8-18(17)24-20(15)16)21(26)13-4-2-1-3-5-13/h1-7,10-11,24H,8-9,12H2. The molecule has 26 heavy (non-hydrogen) atoms. The van der Waals surface area contributed by atoms with Gasteiger partial charge < -0.3 is 9.88 Å². The number of hydrogen-bond donors (Lipinski definition) is 1. The Morgan fingerprint density at radius 3 is 2.81 bits per heavy atom. The summed E-state index contributed by atoms with van der Waals surface area (Å²) < 4.78 is 0. The molecule has 3 heterocycles. The molecule has 0 spiro atoms. The quantitative estimate of drug-likeness (QED) is 0.540. The van der Waals surface area contributed by atoms with Gasteiger partial charge in [-0.3, -0.25) is 9.78 Å². The van der Waals surface area contributed by atoms with Crippen molar-refractivity contribution in [2.75, 3.05) is 6.54 Å². The zero-order chi connectivity index (χ0) is 17.7. The molecule has 1 aliphatic heterocycles. The van der Waals surface area contributed by atoms with Gasteiger partial charge in [0.25, 0.3) is 5.91 Å². The van der Waals surface area contributed by atoms with E-state index in [0.29, 0.717) is 18.1 Å². The van der Waals surface area contributed by atoms with Gasteiger partial charge in [-0.25, -0.2) is 0 Å². The Balaban J connectivity index is 1.58. The van der Waals surface area contributed by atoms with E-state index in [1.54, 1.807) is 0 Å². The van der Waals surface area contributed by atoms with Crippen LogP contribution in [-0.2, 0) is 13.0 Å². The molecule has 1 N–H and O–H groups in total. The monoisotopic (exact) mass is 361 g/mol. The highest BCUT2D eigenvalue weighted by Gasteiger charge is 2.25. The van der Waals surface area contributed by atoms with Crippen LogP contribution in [0.15, 0.2) is 54.7 Å². The van der Waals surface area contributed by atoms with Crippen molar-refractivity contribution in [3.05, 3.63) is 76.6 Å². The van der Waals surface area contributed by atoms with Gasteiger partial charge >= 0.3 is 0 Å². The maximum atomic E-state index is 12.8. The number of hydrogen-bond acceptors (Lipinski definition) is 2. The summed E-state index contributed by atoms with van der Waals surface area (Å²) in [7, 11) is 0. The predicted molar refractivity (Wildman–Crippen MR) is 103 cm³/mol. The minimum absolute atomic E-state index is 0.0751. The minimum atomic E-state index is 0.0751. The second kappa shape index (κ2) is 5.85. The number of carbonyl (C=O) groups is 1. The fourth-order valence-corrected chi connectivity index (χ4v) is 3.93. The molecule has 1 amide bonds. The van der Waals surface area contributed by atoms with Crippen LogP contribution in [0, 0.1) is 0 Å². The van der Waals surface area contributed by atoms with E-state index >= 15 is 0 Å². The molecule has 0 saturated carbocycles. The Hall–Kier alpha value is -2.85. The van der Waals surface area contributed by atoms with E-state index in [9.17, 15) is 4.79 Å². The molecule has 5 rings (SSSR count). The number of aromatic nitrogens is 2. The zero-order valence-corrected chi connectivity index (χ0v) is 14.8. The van der Waals surface area contributed by atoms with E-state index in [1.165, 1.54) is 11.3 Å². The van der Waals surface area contributed by atoms with Crippen molar-refractivity contribution in [3.63, 3.8) is 0 Å². The first-order valence-corrected chi connectivity index (χ1v) is 9.00. The Labute approximate surface area is 155 Å². The lowest BCUT2D eigenvalue weighted by Crippen LogP contribution is -2.35. The summed E-state index contributed by atoms with van der Waals surface area (Å²) in [6, 6.07) is 15.2. The van der Waals surface area contributed by atoms with Crippen molar-refractivity contribution < 1.29 is 4.79 Å². The summed E-state index contributed by atoms with van der Waals surface area (Å²) in [4.78, 5) is 22.8. The number of pyridine rings is 1. The first kappa shape index (κ1) is 15.4. The molecule has 128 valence electrons. The van der Waals surface area contributed by atoms with Crippen LogP contribution in [0.25, 0.3) is 21.8 Å². The summed E-state index contributed by atoms with van der Waals surface area (Å²) in [5.41, 5.74) is 5.04. The first-order chi connectivity index (χ1) is 12.7. The normalized spacial score (nSPS) is 14.0. The summed E-state index contributed by atoms with van der Waals surface area (Å²) in [5.74, 6) is 0.0751. The van der Waals surface area contributed by atoms with Crippen molar-refractivity contribution in [2.24, 2.45) is 0 Å². The van der Waals surface area contributed by atoms with Crippen LogP contribution < -0.4 is 0 Å². The van der Waals surface area contributed by atoms with Gasteiger partial charge in [0.1, 0.15) is 0 Å². The highest BCUT2D eigenvalue weighted by molar-refractivity contribution is 6.31. The number of nitrogens with zero attached hydrogens (tertiary/aromatic N) is 2. The SMILES string of the molecule is O=C(c1ccccc1)N1CCc2[nH]c3c(cnc4cc(Cl)ccc43)c2C1. The van der Waals surface area contributed by atoms with E-state index < -0.39 is 0 Å². The van der Waals surface area contributed by atoms with E-state index in [4.69, 9.17) is 11.6 Å². The van der Waals surface area contributed by atoms with Crippen LogP contribution in [0.2, 0.25) is 5.02 Å². The Morgan fingerprint density at radius 2 is 1.96 bits per heavy atom. The highest BCUT2D eigenvalue weighted by atomic mass is 35.5. The molecule has 0 fully saturated rings. The van der Waals surface area contributed by atoms with Crippen LogP contribution in [0.3, 0.4) is 0 Å². The molecule has 4 nitrogen and oxygen atoms in total. The largest absolute Gasteiger partial charge is 0.357 e. The molecule has 0 atom stereocenters. The van der Waals surface area contributed by atoms with E-state index in [1.807, 2.05) is 59.6 Å². The van der Waals surface area contributed by atoms with E-state index in [2.05, 4.69) is 9.97 Å². The second-order valence-corrected chi connectivity index (χ2v) is 7.07. The van der Waals surface area contributed by atoms with Gasteiger partial charge in [0, 0.05) is 58.3 Å². The highest BCUT2D eigenvalue weighted by Crippen LogP contribution is 2.32. The number of halogens is 1. The van der Waals surface area contributed by atoms with Gasteiger partial charge in [-0.15, -0.1) is 0 Å². The van der Waals surface area contributed by atoms with Crippen LogP contribution >= 0.6 is 11.6 Å². The third-order valence-electron chi connectivity index (χ3n) is 5.09. The van der Waals surface area contributed by atoms with Crippen molar-refractivity contribution in [3.8, 4) is 0 Å². The molecule has 4 aromatic rings. The number of carbonyl (C=O) groups excluding carboxylic acids is 1. The maximum absolute atomic E-state index is 12.8. The van der Waals surface area contributed by atoms with Crippen molar-refractivity contribution in [1.29, 1.82) is 0 Å². The summed E-state index contributed by atoms with van der Waals surface area (Å²) in [5, 5.41) is 2.82. The smallest absolute Gasteiger partial charge is 0.254 e. The molecule has 1 aliphatic rings. The van der Waals surface area contributed by atoms with Gasteiger partial charge in [-0.1, -0.05) is 29.8 Å². The Kier molecular flexibility index (Phi) is 3.47. The number of nitrogens with one attached hydrogen (secondary N) is 1. The van der Waals surface area contributed by atoms with E-state index in [-0.39, 0.29) is 5.91 Å². The fraction of sp³-hybridized carbons (Fsp3) is 0.143. The second-order valence-electron chi connectivity index (χ2n) is 6.63. The van der Waals surface area contributed by atoms with Crippen LogP contribution in [0.1, 0.15) is 21.6 Å². The number of benzene rings is 2. The third-order valence-corrected chi connectivity index (χ3v) is 5.32. The Morgan fingerprint density at radius 1 is 1.12 bits per heavy atom. The van der Waals surface area contributed by atoms with Gasteiger partial charge in [-0.2, -0.15) is 0 Å². The lowest BCUT2D eigenvalue weighted by atomic mass is 10.0. The van der Waals surface area contributed by atoms with Crippen LogP contribution in [-0.4, -0.2) is 27.3 Å². The lowest BCUT2D eigenvalue weighted by molar-refractivity contribution is 0.0735. The summed E-state index contributed by atoms with van der Waals surface area (Å²) in [6.07, 6.45) is 2.71. The van der Waals surface area contributed by atoms with Crippen LogP contribution in [0.4, 0.5) is 0 Å². The molecule has 0 aliphatic carbocycles. The molecular weight excluding hydrogens is 346 g/mol. The van der Waals surface area contributed by atoms with Crippen molar-refractivity contribution >= 4 is 39.3 Å². The topological polar surface area (TPSA) is 49.0 Å². The Bertz CT molecular complexity index is 1150. The lowest BCUT2D eigenvalue weighted by Gasteiger charge is -2.27. The third kappa shape index (κ3) is 2.37. The average molecular weight is 362 g/mol. The molecule has 0 saturated heterocycles. The molecular formula is C21H16ClN3O. The average Bonchev–Trinajstić information content (AvgIpc) is 3.06. The molecule has 0 unspecified atom stereocenters.